The Balaban J connectivity index is 1.19. The Bertz CT molecular complexity index is 979. The maximum Gasteiger partial charge on any atom is 0.259 e. The van der Waals surface area contributed by atoms with E-state index in [2.05, 4.69) is 39.5 Å². The van der Waals surface area contributed by atoms with Crippen LogP contribution in [0, 0.1) is 0 Å². The molecule has 4 heterocycles. The Morgan fingerprint density at radius 2 is 1.94 bits per heavy atom. The zero-order valence-electron chi connectivity index (χ0n) is 18.9. The van der Waals surface area contributed by atoms with E-state index < -0.39 is 6.10 Å². The molecular formula is C25H32N4O4. The van der Waals surface area contributed by atoms with E-state index in [0.29, 0.717) is 37.0 Å². The number of pyridine rings is 1. The Kier molecular flexibility index (Phi) is 6.75. The number of amides is 1. The van der Waals surface area contributed by atoms with Gasteiger partial charge in [-0.15, -0.1) is 0 Å². The van der Waals surface area contributed by atoms with Crippen LogP contribution < -0.4 is 14.8 Å². The van der Waals surface area contributed by atoms with Crippen LogP contribution in [0.4, 0.5) is 0 Å². The number of hydrogen-bond donors (Lipinski definition) is 2. The molecule has 8 heteroatoms. The van der Waals surface area contributed by atoms with E-state index in [-0.39, 0.29) is 18.6 Å². The summed E-state index contributed by atoms with van der Waals surface area (Å²) < 4.78 is 11.8. The number of rotatable bonds is 6. The van der Waals surface area contributed by atoms with Crippen molar-refractivity contribution < 1.29 is 19.4 Å². The van der Waals surface area contributed by atoms with Crippen LogP contribution >= 0.6 is 0 Å². The fourth-order valence-corrected chi connectivity index (χ4v) is 4.86. The summed E-state index contributed by atoms with van der Waals surface area (Å²) in [5.41, 5.74) is 3.12. The standard InChI is InChI=1S/C25H32N4O4/c30-20(16-28-12-9-18-3-1-2-4-19(18)15-28)17-29-13-14-32-24-22(25(29)31)5-6-23(27-24)33-21-7-10-26-11-8-21/h1-6,20-21,26,30H,7-17H2. The van der Waals surface area contributed by atoms with Crippen molar-refractivity contribution in [2.75, 3.05) is 45.9 Å². The molecule has 176 valence electrons. The Hall–Kier alpha value is -2.68. The number of carbonyl (C=O) groups excluding carboxylic acids is 1. The molecule has 1 aromatic heterocycles. The first kappa shape index (κ1) is 22.1. The zero-order chi connectivity index (χ0) is 22.6. The van der Waals surface area contributed by atoms with Crippen LogP contribution in [-0.4, -0.2) is 83.9 Å². The minimum absolute atomic E-state index is 0.131. The number of fused-ring (bicyclic) bond motifs is 2. The molecule has 0 spiro atoms. The first-order valence-electron chi connectivity index (χ1n) is 11.9. The average Bonchev–Trinajstić information content (AvgIpc) is 2.98. The van der Waals surface area contributed by atoms with E-state index in [4.69, 9.17) is 9.47 Å². The second-order valence-corrected chi connectivity index (χ2v) is 9.08. The van der Waals surface area contributed by atoms with Crippen molar-refractivity contribution in [3.05, 3.63) is 53.1 Å². The van der Waals surface area contributed by atoms with E-state index >= 15 is 0 Å². The van der Waals surface area contributed by atoms with Gasteiger partial charge in [0.25, 0.3) is 5.91 Å². The predicted octanol–water partition coefficient (Wildman–Crippen LogP) is 1.47. The molecule has 3 aliphatic heterocycles. The SMILES string of the molecule is O=C1c2ccc(OC3CCNCC3)nc2OCCN1CC(O)CN1CCc2ccccc2C1. The largest absolute Gasteiger partial charge is 0.475 e. The third-order valence-electron chi connectivity index (χ3n) is 6.64. The van der Waals surface area contributed by atoms with E-state index in [9.17, 15) is 9.90 Å². The number of carbonyl (C=O) groups is 1. The number of β-amino-alcohol motifs (C(OH)–C–C–N with tert-alkyl or cyclic N) is 1. The molecule has 1 aromatic carbocycles. The van der Waals surface area contributed by atoms with Gasteiger partial charge >= 0.3 is 0 Å². The highest BCUT2D eigenvalue weighted by Crippen LogP contribution is 2.26. The van der Waals surface area contributed by atoms with Crippen molar-refractivity contribution in [3.8, 4) is 11.8 Å². The van der Waals surface area contributed by atoms with E-state index in [1.807, 2.05) is 0 Å². The normalized spacial score (nSPS) is 20.4. The molecule has 2 N–H and O–H groups in total. The molecule has 1 fully saturated rings. The summed E-state index contributed by atoms with van der Waals surface area (Å²) in [4.78, 5) is 21.6. The molecular weight excluding hydrogens is 420 g/mol. The van der Waals surface area contributed by atoms with Crippen LogP contribution in [-0.2, 0) is 13.0 Å². The maximum atomic E-state index is 13.2. The van der Waals surface area contributed by atoms with Crippen molar-refractivity contribution >= 4 is 5.91 Å². The molecule has 1 amide bonds. The van der Waals surface area contributed by atoms with Crippen molar-refractivity contribution in [2.45, 2.75) is 38.0 Å². The number of aliphatic hydroxyl groups excluding tert-OH is 1. The third-order valence-corrected chi connectivity index (χ3v) is 6.64. The van der Waals surface area contributed by atoms with Gasteiger partial charge in [0, 0.05) is 32.2 Å². The summed E-state index contributed by atoms with van der Waals surface area (Å²) in [5, 5.41) is 14.1. The minimum Gasteiger partial charge on any atom is -0.475 e. The van der Waals surface area contributed by atoms with Crippen molar-refractivity contribution in [2.24, 2.45) is 0 Å². The molecule has 33 heavy (non-hydrogen) atoms. The summed E-state index contributed by atoms with van der Waals surface area (Å²) in [6, 6.07) is 11.9. The van der Waals surface area contributed by atoms with Crippen molar-refractivity contribution in [1.82, 2.24) is 20.1 Å². The number of piperidine rings is 1. The molecule has 0 aliphatic carbocycles. The molecule has 1 saturated heterocycles. The van der Waals surface area contributed by atoms with Crippen LogP contribution in [0.3, 0.4) is 0 Å². The van der Waals surface area contributed by atoms with E-state index in [1.165, 1.54) is 11.1 Å². The summed E-state index contributed by atoms with van der Waals surface area (Å²) >= 11 is 0. The first-order chi connectivity index (χ1) is 16.2. The summed E-state index contributed by atoms with van der Waals surface area (Å²) in [5.74, 6) is 0.648. The number of nitrogens with one attached hydrogen (secondary N) is 1. The molecule has 0 radical (unpaired) electrons. The second kappa shape index (κ2) is 10.1. The van der Waals surface area contributed by atoms with Gasteiger partial charge in [-0.25, -0.2) is 0 Å². The molecule has 3 aliphatic rings. The van der Waals surface area contributed by atoms with Crippen LogP contribution in [0.5, 0.6) is 11.8 Å². The molecule has 1 unspecified atom stereocenters. The predicted molar refractivity (Wildman–Crippen MR) is 124 cm³/mol. The Morgan fingerprint density at radius 1 is 1.12 bits per heavy atom. The number of aliphatic hydroxyl groups is 1. The van der Waals surface area contributed by atoms with Crippen LogP contribution in [0.1, 0.15) is 34.3 Å². The molecule has 0 bridgehead atoms. The quantitative estimate of drug-likeness (QED) is 0.686. The van der Waals surface area contributed by atoms with Gasteiger partial charge in [-0.3, -0.25) is 9.69 Å². The second-order valence-electron chi connectivity index (χ2n) is 9.08. The Morgan fingerprint density at radius 3 is 2.79 bits per heavy atom. The third kappa shape index (κ3) is 5.29. The van der Waals surface area contributed by atoms with Gasteiger partial charge in [0.1, 0.15) is 18.3 Å². The molecule has 8 nitrogen and oxygen atoms in total. The van der Waals surface area contributed by atoms with Gasteiger partial charge < -0.3 is 24.8 Å². The van der Waals surface area contributed by atoms with Crippen molar-refractivity contribution in [1.29, 1.82) is 0 Å². The fourth-order valence-electron chi connectivity index (χ4n) is 4.86. The number of aromatic nitrogens is 1. The average molecular weight is 453 g/mol. The molecule has 5 rings (SSSR count). The number of ether oxygens (including phenoxy) is 2. The lowest BCUT2D eigenvalue weighted by atomic mass is 10.00. The van der Waals surface area contributed by atoms with Crippen LogP contribution in [0.25, 0.3) is 0 Å². The topological polar surface area (TPSA) is 87.2 Å². The monoisotopic (exact) mass is 452 g/mol. The lowest BCUT2D eigenvalue weighted by molar-refractivity contribution is 0.0501. The van der Waals surface area contributed by atoms with Gasteiger partial charge in [-0.1, -0.05) is 24.3 Å². The minimum atomic E-state index is -0.628. The van der Waals surface area contributed by atoms with Gasteiger partial charge in [0.2, 0.25) is 11.8 Å². The number of nitrogens with zero attached hydrogens (tertiary/aromatic N) is 3. The highest BCUT2D eigenvalue weighted by Gasteiger charge is 2.28. The molecule has 2 aromatic rings. The smallest absolute Gasteiger partial charge is 0.259 e. The lowest BCUT2D eigenvalue weighted by Crippen LogP contribution is -2.44. The van der Waals surface area contributed by atoms with Crippen LogP contribution in [0.15, 0.2) is 36.4 Å². The fraction of sp³-hybridized carbons (Fsp3) is 0.520. The summed E-state index contributed by atoms with van der Waals surface area (Å²) in [7, 11) is 0. The van der Waals surface area contributed by atoms with E-state index in [0.717, 1.165) is 45.4 Å². The number of benzene rings is 1. The Labute approximate surface area is 194 Å². The van der Waals surface area contributed by atoms with Crippen LogP contribution in [0.2, 0.25) is 0 Å². The highest BCUT2D eigenvalue weighted by molar-refractivity contribution is 5.96. The lowest BCUT2D eigenvalue weighted by Gasteiger charge is -2.32. The van der Waals surface area contributed by atoms with E-state index in [1.54, 1.807) is 17.0 Å². The van der Waals surface area contributed by atoms with Gasteiger partial charge in [-0.2, -0.15) is 4.98 Å². The first-order valence-corrected chi connectivity index (χ1v) is 11.9. The maximum absolute atomic E-state index is 13.2. The van der Waals surface area contributed by atoms with Gasteiger partial charge in [-0.05, 0) is 49.5 Å². The summed E-state index contributed by atoms with van der Waals surface area (Å²) in [6.07, 6.45) is 2.36. The van der Waals surface area contributed by atoms with Gasteiger partial charge in [0.15, 0.2) is 0 Å². The number of hydrogen-bond acceptors (Lipinski definition) is 7. The molecule has 0 saturated carbocycles. The van der Waals surface area contributed by atoms with Crippen molar-refractivity contribution in [3.63, 3.8) is 0 Å². The van der Waals surface area contributed by atoms with Gasteiger partial charge in [0.05, 0.1) is 12.6 Å². The molecule has 1 atom stereocenters. The highest BCUT2D eigenvalue weighted by atomic mass is 16.5. The summed E-state index contributed by atoms with van der Waals surface area (Å²) in [6.45, 7) is 5.18. The zero-order valence-corrected chi connectivity index (χ0v) is 18.9.